The molecule has 140 valence electrons. The summed E-state index contributed by atoms with van der Waals surface area (Å²) in [5.74, 6) is -1.52. The highest BCUT2D eigenvalue weighted by atomic mass is 16.4. The lowest BCUT2D eigenvalue weighted by Gasteiger charge is -2.04. The number of nitrogens with one attached hydrogen (secondary N) is 3. The zero-order chi connectivity index (χ0) is 19.4. The number of carboxylic acid groups (broad SMARTS) is 1. The number of H-pyrrole nitrogens is 1. The van der Waals surface area contributed by atoms with Crippen LogP contribution in [0.4, 0.5) is 5.69 Å². The molecule has 2 heterocycles. The molecule has 1 aromatic carbocycles. The zero-order valence-corrected chi connectivity index (χ0v) is 14.8. The molecule has 4 N–H and O–H groups in total. The minimum atomic E-state index is -0.898. The number of hydrogen-bond acceptors (Lipinski definition) is 3. The largest absolute Gasteiger partial charge is 0.481 e. The van der Waals surface area contributed by atoms with Gasteiger partial charge in [-0.3, -0.25) is 14.4 Å². The lowest BCUT2D eigenvalue weighted by molar-refractivity contribution is -0.137. The smallest absolute Gasteiger partial charge is 0.303 e. The number of rotatable bonds is 7. The number of aromatic nitrogens is 2. The molecule has 0 aliphatic carbocycles. The quantitative estimate of drug-likeness (QED) is 0.479. The molecule has 2 aromatic heterocycles. The maximum absolute atomic E-state index is 12.4. The highest BCUT2D eigenvalue weighted by Gasteiger charge is 2.15. The van der Waals surface area contributed by atoms with Crippen molar-refractivity contribution >= 4 is 34.4 Å². The van der Waals surface area contributed by atoms with Crippen molar-refractivity contribution in [2.45, 2.75) is 12.8 Å². The minimum absolute atomic E-state index is 0.000769. The van der Waals surface area contributed by atoms with E-state index in [0.29, 0.717) is 23.5 Å². The second-order valence-corrected chi connectivity index (χ2v) is 6.20. The number of benzene rings is 1. The van der Waals surface area contributed by atoms with Gasteiger partial charge in [0, 0.05) is 37.1 Å². The Labute approximate surface area is 155 Å². The Morgan fingerprint density at radius 1 is 1.15 bits per heavy atom. The fourth-order valence-corrected chi connectivity index (χ4v) is 2.78. The summed E-state index contributed by atoms with van der Waals surface area (Å²) in [5.41, 5.74) is 2.17. The third-order valence-corrected chi connectivity index (χ3v) is 4.12. The van der Waals surface area contributed by atoms with Crippen LogP contribution < -0.4 is 10.6 Å². The fraction of sp³-hybridized carbons (Fsp3) is 0.211. The van der Waals surface area contributed by atoms with E-state index >= 15 is 0 Å². The van der Waals surface area contributed by atoms with Crippen LogP contribution >= 0.6 is 0 Å². The second kappa shape index (κ2) is 7.77. The Bertz CT molecular complexity index is 969. The lowest BCUT2D eigenvalue weighted by Crippen LogP contribution is -2.26. The highest BCUT2D eigenvalue weighted by molar-refractivity contribution is 6.06. The van der Waals surface area contributed by atoms with E-state index in [2.05, 4.69) is 15.6 Å². The van der Waals surface area contributed by atoms with Crippen LogP contribution in [-0.4, -0.2) is 39.0 Å². The van der Waals surface area contributed by atoms with Crippen LogP contribution in [0, 0.1) is 0 Å². The molecule has 0 spiro atoms. The first-order chi connectivity index (χ1) is 12.9. The number of hydrogen-bond donors (Lipinski definition) is 4. The van der Waals surface area contributed by atoms with Crippen molar-refractivity contribution in [1.29, 1.82) is 0 Å². The van der Waals surface area contributed by atoms with Crippen molar-refractivity contribution in [2.24, 2.45) is 7.05 Å². The van der Waals surface area contributed by atoms with E-state index in [9.17, 15) is 14.4 Å². The summed E-state index contributed by atoms with van der Waals surface area (Å²) in [6, 6.07) is 10.9. The van der Waals surface area contributed by atoms with Crippen LogP contribution in [0.2, 0.25) is 0 Å². The molecule has 0 aliphatic rings. The molecular weight excluding hydrogens is 348 g/mol. The van der Waals surface area contributed by atoms with Crippen LogP contribution in [0.15, 0.2) is 42.6 Å². The first-order valence-corrected chi connectivity index (χ1v) is 8.49. The fourth-order valence-electron chi connectivity index (χ4n) is 2.78. The molecule has 0 atom stereocenters. The average molecular weight is 368 g/mol. The summed E-state index contributed by atoms with van der Waals surface area (Å²) >= 11 is 0. The number of aliphatic carboxylic acids is 1. The van der Waals surface area contributed by atoms with Crippen LogP contribution in [0.5, 0.6) is 0 Å². The molecule has 2 amide bonds. The standard InChI is InChI=1S/C19H20N4O4/c1-23-11-13(10-16(23)19(27)20-8-4-7-17(24)25)21-18(26)15-9-12-5-2-3-6-14(12)22-15/h2-3,5-6,9-11,22H,4,7-8H2,1H3,(H,20,27)(H,21,26)(H,24,25). The molecule has 0 bridgehead atoms. The van der Waals surface area contributed by atoms with Gasteiger partial charge in [0.1, 0.15) is 11.4 Å². The van der Waals surface area contributed by atoms with Crippen molar-refractivity contribution in [3.63, 3.8) is 0 Å². The normalized spacial score (nSPS) is 10.7. The Balaban J connectivity index is 1.64. The van der Waals surface area contributed by atoms with Crippen molar-refractivity contribution in [3.05, 3.63) is 54.0 Å². The van der Waals surface area contributed by atoms with Crippen LogP contribution in [-0.2, 0) is 11.8 Å². The van der Waals surface area contributed by atoms with E-state index in [1.807, 2.05) is 24.3 Å². The summed E-state index contributed by atoms with van der Waals surface area (Å²) < 4.78 is 1.60. The number of aryl methyl sites for hydroxylation is 1. The van der Waals surface area contributed by atoms with E-state index in [-0.39, 0.29) is 24.8 Å². The number of fused-ring (bicyclic) bond motifs is 1. The number of carbonyl (C=O) groups excluding carboxylic acids is 2. The molecule has 8 nitrogen and oxygen atoms in total. The summed E-state index contributed by atoms with van der Waals surface area (Å²) in [4.78, 5) is 38.2. The van der Waals surface area contributed by atoms with E-state index in [4.69, 9.17) is 5.11 Å². The molecule has 8 heteroatoms. The molecule has 0 radical (unpaired) electrons. The average Bonchev–Trinajstić information content (AvgIpc) is 3.21. The van der Waals surface area contributed by atoms with Gasteiger partial charge in [0.05, 0.1) is 5.69 Å². The zero-order valence-electron chi connectivity index (χ0n) is 14.8. The van der Waals surface area contributed by atoms with Gasteiger partial charge in [0.2, 0.25) is 0 Å². The van der Waals surface area contributed by atoms with Gasteiger partial charge in [-0.1, -0.05) is 18.2 Å². The first kappa shape index (κ1) is 18.2. The molecule has 0 fully saturated rings. The predicted molar refractivity (Wildman–Crippen MR) is 101 cm³/mol. The van der Waals surface area contributed by atoms with Crippen LogP contribution in [0.1, 0.15) is 33.8 Å². The number of nitrogens with zero attached hydrogens (tertiary/aromatic N) is 1. The Kier molecular flexibility index (Phi) is 5.25. The van der Waals surface area contributed by atoms with Crippen molar-refractivity contribution in [1.82, 2.24) is 14.9 Å². The molecule has 0 aliphatic heterocycles. The number of para-hydroxylation sites is 1. The van der Waals surface area contributed by atoms with Crippen LogP contribution in [0.3, 0.4) is 0 Å². The number of aromatic amines is 1. The number of carboxylic acids is 1. The monoisotopic (exact) mass is 368 g/mol. The molecular formula is C19H20N4O4. The Morgan fingerprint density at radius 2 is 1.93 bits per heavy atom. The highest BCUT2D eigenvalue weighted by Crippen LogP contribution is 2.17. The third-order valence-electron chi connectivity index (χ3n) is 4.12. The Hall–Kier alpha value is -3.55. The maximum Gasteiger partial charge on any atom is 0.303 e. The molecule has 3 aromatic rings. The summed E-state index contributed by atoms with van der Waals surface area (Å²) in [6.45, 7) is 0.271. The molecule has 0 saturated carbocycles. The van der Waals surface area contributed by atoms with Gasteiger partial charge in [0.25, 0.3) is 11.8 Å². The summed E-state index contributed by atoms with van der Waals surface area (Å²) in [5, 5.41) is 15.0. The van der Waals surface area contributed by atoms with E-state index in [1.165, 1.54) is 0 Å². The van der Waals surface area contributed by atoms with Gasteiger partial charge in [-0.2, -0.15) is 0 Å². The van der Waals surface area contributed by atoms with Gasteiger partial charge in [-0.15, -0.1) is 0 Å². The first-order valence-electron chi connectivity index (χ1n) is 8.49. The molecule has 0 unspecified atom stereocenters. The topological polar surface area (TPSA) is 116 Å². The minimum Gasteiger partial charge on any atom is -0.481 e. The van der Waals surface area contributed by atoms with Crippen molar-refractivity contribution in [3.8, 4) is 0 Å². The van der Waals surface area contributed by atoms with Gasteiger partial charge >= 0.3 is 5.97 Å². The van der Waals surface area contributed by atoms with Gasteiger partial charge in [-0.05, 0) is 24.6 Å². The Morgan fingerprint density at radius 3 is 2.67 bits per heavy atom. The van der Waals surface area contributed by atoms with E-state index < -0.39 is 5.97 Å². The molecule has 27 heavy (non-hydrogen) atoms. The molecule has 3 rings (SSSR count). The van der Waals surface area contributed by atoms with Crippen molar-refractivity contribution < 1.29 is 19.5 Å². The van der Waals surface area contributed by atoms with Gasteiger partial charge in [0.15, 0.2) is 0 Å². The molecule has 0 saturated heterocycles. The number of carbonyl (C=O) groups is 3. The van der Waals surface area contributed by atoms with E-state index in [1.54, 1.807) is 29.9 Å². The number of amides is 2. The van der Waals surface area contributed by atoms with Crippen LogP contribution in [0.25, 0.3) is 10.9 Å². The maximum atomic E-state index is 12.4. The van der Waals surface area contributed by atoms with E-state index in [0.717, 1.165) is 10.9 Å². The van der Waals surface area contributed by atoms with Gasteiger partial charge in [-0.25, -0.2) is 0 Å². The SMILES string of the molecule is Cn1cc(NC(=O)c2cc3ccccc3[nH]2)cc1C(=O)NCCCC(=O)O. The number of anilines is 1. The van der Waals surface area contributed by atoms with Gasteiger partial charge < -0.3 is 25.3 Å². The third kappa shape index (κ3) is 4.35. The summed E-state index contributed by atoms with van der Waals surface area (Å²) in [6.07, 6.45) is 2.00. The lowest BCUT2D eigenvalue weighted by atomic mass is 10.2. The second-order valence-electron chi connectivity index (χ2n) is 6.20. The predicted octanol–water partition coefficient (Wildman–Crippen LogP) is 2.35. The summed E-state index contributed by atoms with van der Waals surface area (Å²) in [7, 11) is 1.70. The van der Waals surface area contributed by atoms with Crippen molar-refractivity contribution in [2.75, 3.05) is 11.9 Å².